The Morgan fingerprint density at radius 1 is 1.27 bits per heavy atom. The number of carbonyl (C=O) groups excluding carboxylic acids is 1. The molecule has 2 saturated heterocycles. The molecule has 3 rings (SSSR count). The second-order valence-electron chi connectivity index (χ2n) is 4.04. The lowest BCUT2D eigenvalue weighted by Gasteiger charge is -2.30. The van der Waals surface area contributed by atoms with E-state index in [1.807, 2.05) is 35.2 Å². The maximum atomic E-state index is 11.7. The van der Waals surface area contributed by atoms with E-state index in [2.05, 4.69) is 0 Å². The van der Waals surface area contributed by atoms with Crippen LogP contribution in [-0.4, -0.2) is 24.0 Å². The lowest BCUT2D eigenvalue weighted by Crippen LogP contribution is -2.38. The summed E-state index contributed by atoms with van der Waals surface area (Å²) in [5.41, 5.74) is 0.659. The van der Waals surface area contributed by atoms with Crippen molar-refractivity contribution in [3.05, 3.63) is 35.9 Å². The molecule has 0 aromatic heterocycles. The first kappa shape index (κ1) is 8.92. The lowest BCUT2D eigenvalue weighted by molar-refractivity contribution is -0.137. The van der Waals surface area contributed by atoms with E-state index in [0.717, 1.165) is 18.5 Å². The number of ether oxygens (including phenoxy) is 1. The molecule has 0 aliphatic carbocycles. The molecule has 1 aromatic carbocycles. The number of nitrogens with zero attached hydrogens (tertiary/aromatic N) is 1. The van der Waals surface area contributed by atoms with Gasteiger partial charge in [0.25, 0.3) is 0 Å². The third kappa shape index (κ3) is 1.13. The minimum Gasteiger partial charge on any atom is -0.349 e. The van der Waals surface area contributed by atoms with Gasteiger partial charge < -0.3 is 9.64 Å². The molecular formula is C12H13NO2. The molecule has 3 heteroatoms. The van der Waals surface area contributed by atoms with Gasteiger partial charge >= 0.3 is 0 Å². The third-order valence-electron chi connectivity index (χ3n) is 3.30. The van der Waals surface area contributed by atoms with Crippen molar-refractivity contribution in [2.45, 2.75) is 18.6 Å². The molecule has 0 N–H and O–H groups in total. The average Bonchev–Trinajstić information content (AvgIpc) is 2.83. The van der Waals surface area contributed by atoms with Crippen molar-refractivity contribution in [2.24, 2.45) is 0 Å². The fourth-order valence-corrected chi connectivity index (χ4v) is 2.59. The van der Waals surface area contributed by atoms with Gasteiger partial charge in [0, 0.05) is 24.9 Å². The van der Waals surface area contributed by atoms with E-state index in [-0.39, 0.29) is 5.91 Å². The van der Waals surface area contributed by atoms with Gasteiger partial charge in [-0.3, -0.25) is 4.79 Å². The van der Waals surface area contributed by atoms with E-state index in [1.54, 1.807) is 0 Å². The molecule has 1 aromatic rings. The quantitative estimate of drug-likeness (QED) is 0.692. The maximum Gasteiger partial charge on any atom is 0.225 e. The number of amides is 1. The highest BCUT2D eigenvalue weighted by Crippen LogP contribution is 2.43. The molecule has 15 heavy (non-hydrogen) atoms. The predicted octanol–water partition coefficient (Wildman–Crippen LogP) is 1.49. The monoisotopic (exact) mass is 203 g/mol. The molecule has 2 heterocycles. The van der Waals surface area contributed by atoms with Crippen LogP contribution in [0, 0.1) is 0 Å². The summed E-state index contributed by atoms with van der Waals surface area (Å²) < 4.78 is 5.83. The summed E-state index contributed by atoms with van der Waals surface area (Å²) in [6.45, 7) is 1.38. The number of hydrogen-bond donors (Lipinski definition) is 0. The molecule has 0 unspecified atom stereocenters. The van der Waals surface area contributed by atoms with Crippen LogP contribution < -0.4 is 0 Å². The van der Waals surface area contributed by atoms with Crippen LogP contribution in [-0.2, 0) is 15.3 Å². The zero-order valence-electron chi connectivity index (χ0n) is 8.48. The topological polar surface area (TPSA) is 29.5 Å². The molecule has 2 fully saturated rings. The highest BCUT2D eigenvalue weighted by atomic mass is 16.5. The van der Waals surface area contributed by atoms with E-state index >= 15 is 0 Å². The predicted molar refractivity (Wildman–Crippen MR) is 55.0 cm³/mol. The molecular weight excluding hydrogens is 190 g/mol. The number of hydrogen-bond acceptors (Lipinski definition) is 2. The standard InChI is InChI=1S/C12H13NO2/c14-11-6-7-12(13(11)8-9-15-12)10-4-2-1-3-5-10/h1-5H,6-9H2/t12-/m0/s1. The number of fused-ring (bicyclic) bond motifs is 1. The average molecular weight is 203 g/mol. The Labute approximate surface area is 88.6 Å². The third-order valence-corrected chi connectivity index (χ3v) is 3.30. The van der Waals surface area contributed by atoms with Gasteiger partial charge in [0.2, 0.25) is 5.91 Å². The van der Waals surface area contributed by atoms with Gasteiger partial charge in [-0.15, -0.1) is 0 Å². The van der Waals surface area contributed by atoms with Gasteiger partial charge in [0.05, 0.1) is 6.61 Å². The summed E-state index contributed by atoms with van der Waals surface area (Å²) in [6.07, 6.45) is 1.39. The van der Waals surface area contributed by atoms with Crippen LogP contribution in [0.15, 0.2) is 30.3 Å². The molecule has 3 nitrogen and oxygen atoms in total. The van der Waals surface area contributed by atoms with Crippen LogP contribution in [0.1, 0.15) is 18.4 Å². The minimum absolute atomic E-state index is 0.219. The van der Waals surface area contributed by atoms with Crippen LogP contribution >= 0.6 is 0 Å². The molecule has 2 aliphatic heterocycles. The fraction of sp³-hybridized carbons (Fsp3) is 0.417. The van der Waals surface area contributed by atoms with E-state index in [9.17, 15) is 4.79 Å². The van der Waals surface area contributed by atoms with Crippen molar-refractivity contribution in [1.82, 2.24) is 4.90 Å². The first-order chi connectivity index (χ1) is 7.33. The Morgan fingerprint density at radius 2 is 2.07 bits per heavy atom. The zero-order chi connectivity index (χ0) is 10.3. The van der Waals surface area contributed by atoms with E-state index < -0.39 is 5.72 Å². The minimum atomic E-state index is -0.446. The van der Waals surface area contributed by atoms with Gasteiger partial charge in [-0.1, -0.05) is 30.3 Å². The SMILES string of the molecule is O=C1CC[C@@]2(c3ccccc3)OCCN12. The molecule has 1 amide bonds. The van der Waals surface area contributed by atoms with Crippen LogP contribution in [0.4, 0.5) is 0 Å². The lowest BCUT2D eigenvalue weighted by atomic mass is 10.0. The van der Waals surface area contributed by atoms with Gasteiger partial charge in [-0.2, -0.15) is 0 Å². The summed E-state index contributed by atoms with van der Waals surface area (Å²) >= 11 is 0. The number of carbonyl (C=O) groups is 1. The van der Waals surface area contributed by atoms with Crippen molar-refractivity contribution in [2.75, 3.05) is 13.2 Å². The number of rotatable bonds is 1. The van der Waals surface area contributed by atoms with Gasteiger partial charge in [0.15, 0.2) is 5.72 Å². The van der Waals surface area contributed by atoms with Crippen LogP contribution in [0.25, 0.3) is 0 Å². The molecule has 0 radical (unpaired) electrons. The van der Waals surface area contributed by atoms with Crippen molar-refractivity contribution in [1.29, 1.82) is 0 Å². The van der Waals surface area contributed by atoms with Crippen LogP contribution in [0.5, 0.6) is 0 Å². The van der Waals surface area contributed by atoms with Crippen molar-refractivity contribution < 1.29 is 9.53 Å². The van der Waals surface area contributed by atoms with E-state index in [0.29, 0.717) is 13.0 Å². The normalized spacial score (nSPS) is 29.6. The summed E-state index contributed by atoms with van der Waals surface area (Å²) in [5.74, 6) is 0.219. The van der Waals surface area contributed by atoms with Crippen molar-refractivity contribution >= 4 is 5.91 Å². The van der Waals surface area contributed by atoms with Gasteiger partial charge in [-0.25, -0.2) is 0 Å². The molecule has 0 bridgehead atoms. The van der Waals surface area contributed by atoms with Crippen LogP contribution in [0.3, 0.4) is 0 Å². The highest BCUT2D eigenvalue weighted by Gasteiger charge is 2.50. The second kappa shape index (κ2) is 3.07. The van der Waals surface area contributed by atoms with Gasteiger partial charge in [0.1, 0.15) is 0 Å². The van der Waals surface area contributed by atoms with Crippen molar-refractivity contribution in [3.63, 3.8) is 0 Å². The molecule has 2 aliphatic rings. The smallest absolute Gasteiger partial charge is 0.225 e. The number of benzene rings is 1. The summed E-state index contributed by atoms with van der Waals surface area (Å²) in [6, 6.07) is 10.0. The Kier molecular flexibility index (Phi) is 1.83. The molecule has 78 valence electrons. The Bertz CT molecular complexity index is 390. The summed E-state index contributed by atoms with van der Waals surface area (Å²) in [5, 5.41) is 0. The van der Waals surface area contributed by atoms with E-state index in [4.69, 9.17) is 4.74 Å². The highest BCUT2D eigenvalue weighted by molar-refractivity contribution is 5.80. The first-order valence-electron chi connectivity index (χ1n) is 5.33. The van der Waals surface area contributed by atoms with Crippen molar-refractivity contribution in [3.8, 4) is 0 Å². The summed E-state index contributed by atoms with van der Waals surface area (Å²) in [4.78, 5) is 13.6. The van der Waals surface area contributed by atoms with Gasteiger partial charge in [-0.05, 0) is 0 Å². The Hall–Kier alpha value is -1.35. The molecule has 1 atom stereocenters. The maximum absolute atomic E-state index is 11.7. The van der Waals surface area contributed by atoms with Crippen LogP contribution in [0.2, 0.25) is 0 Å². The Balaban J connectivity index is 2.06. The van der Waals surface area contributed by atoms with E-state index in [1.165, 1.54) is 0 Å². The molecule has 0 saturated carbocycles. The zero-order valence-corrected chi connectivity index (χ0v) is 8.48. The molecule has 0 spiro atoms. The second-order valence-corrected chi connectivity index (χ2v) is 4.04. The first-order valence-corrected chi connectivity index (χ1v) is 5.33. The largest absolute Gasteiger partial charge is 0.349 e. The fourth-order valence-electron chi connectivity index (χ4n) is 2.59. The summed E-state index contributed by atoms with van der Waals surface area (Å²) in [7, 11) is 0. The Morgan fingerprint density at radius 3 is 2.87 bits per heavy atom.